The lowest BCUT2D eigenvalue weighted by Gasteiger charge is -2.20. The highest BCUT2D eigenvalue weighted by molar-refractivity contribution is 7.92. The van der Waals surface area contributed by atoms with Crippen LogP contribution in [0.1, 0.15) is 16.1 Å². The van der Waals surface area contributed by atoms with Crippen LogP contribution in [0, 0.1) is 0 Å². The molecule has 0 bridgehead atoms. The summed E-state index contributed by atoms with van der Waals surface area (Å²) < 4.78 is 70.7. The Balaban J connectivity index is 1.82. The number of anilines is 1. The van der Waals surface area contributed by atoms with Gasteiger partial charge in [-0.3, -0.25) is 9.29 Å². The van der Waals surface area contributed by atoms with Crippen LogP contribution in [0.2, 0.25) is 5.02 Å². The SMILES string of the molecule is CN(c1ccc(OC(=O)c2cnccn2)cc1)S(=O)(=O)c1ccc(Cl)c(C(F)(F)F)c1. The first-order valence-corrected chi connectivity index (χ1v) is 10.3. The second-order valence-electron chi connectivity index (χ2n) is 6.09. The molecule has 3 aromatic rings. The van der Waals surface area contributed by atoms with Gasteiger partial charge in [0.2, 0.25) is 0 Å². The summed E-state index contributed by atoms with van der Waals surface area (Å²) in [6.45, 7) is 0. The van der Waals surface area contributed by atoms with E-state index in [1.165, 1.54) is 49.9 Å². The quantitative estimate of drug-likeness (QED) is 0.409. The molecule has 2 aromatic carbocycles. The van der Waals surface area contributed by atoms with Crippen molar-refractivity contribution in [2.24, 2.45) is 0 Å². The van der Waals surface area contributed by atoms with Crippen LogP contribution in [0.3, 0.4) is 0 Å². The van der Waals surface area contributed by atoms with Gasteiger partial charge in [-0.05, 0) is 42.5 Å². The fraction of sp³-hybridized carbons (Fsp3) is 0.105. The summed E-state index contributed by atoms with van der Waals surface area (Å²) in [5.41, 5.74) is -1.15. The molecule has 0 saturated carbocycles. The average molecular weight is 472 g/mol. The minimum atomic E-state index is -4.81. The topological polar surface area (TPSA) is 89.5 Å². The summed E-state index contributed by atoms with van der Waals surface area (Å²) >= 11 is 5.55. The molecule has 0 aliphatic rings. The number of nitrogens with zero attached hydrogens (tertiary/aromatic N) is 3. The molecule has 162 valence electrons. The van der Waals surface area contributed by atoms with E-state index in [0.717, 1.165) is 16.4 Å². The minimum absolute atomic E-state index is 0.0190. The molecule has 7 nitrogen and oxygen atoms in total. The molecule has 0 fully saturated rings. The molecule has 1 heterocycles. The van der Waals surface area contributed by atoms with Crippen LogP contribution in [0.15, 0.2) is 66.0 Å². The highest BCUT2D eigenvalue weighted by Gasteiger charge is 2.35. The average Bonchev–Trinajstić information content (AvgIpc) is 2.73. The molecule has 1 aromatic heterocycles. The lowest BCUT2D eigenvalue weighted by Crippen LogP contribution is -2.27. The van der Waals surface area contributed by atoms with Gasteiger partial charge in [0, 0.05) is 19.4 Å². The van der Waals surface area contributed by atoms with Crippen LogP contribution in [-0.2, 0) is 16.2 Å². The van der Waals surface area contributed by atoms with Gasteiger partial charge in [-0.25, -0.2) is 18.2 Å². The van der Waals surface area contributed by atoms with E-state index in [0.29, 0.717) is 6.07 Å². The van der Waals surface area contributed by atoms with Crippen molar-refractivity contribution < 1.29 is 31.1 Å². The first-order valence-electron chi connectivity index (χ1n) is 8.44. The predicted octanol–water partition coefficient (Wildman–Crippen LogP) is 4.19. The van der Waals surface area contributed by atoms with Crippen molar-refractivity contribution in [3.05, 3.63) is 77.3 Å². The van der Waals surface area contributed by atoms with E-state index >= 15 is 0 Å². The van der Waals surface area contributed by atoms with E-state index in [-0.39, 0.29) is 17.1 Å². The van der Waals surface area contributed by atoms with Gasteiger partial charge in [-0.1, -0.05) is 11.6 Å². The van der Waals surface area contributed by atoms with Crippen LogP contribution >= 0.6 is 11.6 Å². The number of carbonyl (C=O) groups excluding carboxylic acids is 1. The maximum absolute atomic E-state index is 13.1. The Labute approximate surface area is 180 Å². The molecule has 0 saturated heterocycles. The van der Waals surface area contributed by atoms with Gasteiger partial charge in [0.05, 0.1) is 27.4 Å². The van der Waals surface area contributed by atoms with Gasteiger partial charge in [0.1, 0.15) is 5.75 Å². The van der Waals surface area contributed by atoms with Crippen molar-refractivity contribution in [2.75, 3.05) is 11.4 Å². The summed E-state index contributed by atoms with van der Waals surface area (Å²) in [7, 11) is -3.14. The zero-order valence-electron chi connectivity index (χ0n) is 15.7. The van der Waals surface area contributed by atoms with Crippen LogP contribution in [0.4, 0.5) is 18.9 Å². The fourth-order valence-electron chi connectivity index (χ4n) is 2.47. The zero-order chi connectivity index (χ0) is 22.8. The van der Waals surface area contributed by atoms with Gasteiger partial charge < -0.3 is 4.74 Å². The lowest BCUT2D eigenvalue weighted by molar-refractivity contribution is -0.137. The Morgan fingerprint density at radius 1 is 1.10 bits per heavy atom. The minimum Gasteiger partial charge on any atom is -0.422 e. The predicted molar refractivity (Wildman–Crippen MR) is 105 cm³/mol. The molecule has 12 heteroatoms. The van der Waals surface area contributed by atoms with Crippen molar-refractivity contribution >= 4 is 33.3 Å². The molecule has 0 aliphatic heterocycles. The fourth-order valence-corrected chi connectivity index (χ4v) is 3.91. The first-order chi connectivity index (χ1) is 14.5. The number of hydrogen-bond donors (Lipinski definition) is 0. The molecule has 0 aliphatic carbocycles. The molecule has 0 atom stereocenters. The number of rotatable bonds is 5. The number of alkyl halides is 3. The van der Waals surface area contributed by atoms with Crippen LogP contribution in [-0.4, -0.2) is 31.4 Å². The number of ether oxygens (including phenoxy) is 1. The number of benzene rings is 2. The molecule has 0 unspecified atom stereocenters. The standard InChI is InChI=1S/C19H13ClF3N3O4S/c1-26(31(28,29)14-6-7-16(20)15(10-14)19(21,22)23)12-2-4-13(5-3-12)30-18(27)17-11-24-8-9-25-17/h2-11H,1H3. The Morgan fingerprint density at radius 2 is 1.77 bits per heavy atom. The number of aromatic nitrogens is 2. The third-order valence-electron chi connectivity index (χ3n) is 4.08. The summed E-state index contributed by atoms with van der Waals surface area (Å²) in [6, 6.07) is 7.66. The number of carbonyl (C=O) groups is 1. The second kappa shape index (κ2) is 8.52. The highest BCUT2D eigenvalue weighted by atomic mass is 35.5. The van der Waals surface area contributed by atoms with E-state index < -0.39 is 37.7 Å². The van der Waals surface area contributed by atoms with E-state index in [1.54, 1.807) is 0 Å². The normalized spacial score (nSPS) is 11.8. The maximum Gasteiger partial charge on any atom is 0.417 e. The number of esters is 1. The van der Waals surface area contributed by atoms with E-state index in [9.17, 15) is 26.4 Å². The summed E-state index contributed by atoms with van der Waals surface area (Å²) in [6.07, 6.45) is -0.880. The Kier molecular flexibility index (Phi) is 6.18. The van der Waals surface area contributed by atoms with Crippen molar-refractivity contribution in [1.82, 2.24) is 9.97 Å². The zero-order valence-corrected chi connectivity index (χ0v) is 17.2. The van der Waals surface area contributed by atoms with Crippen molar-refractivity contribution in [3.63, 3.8) is 0 Å². The largest absolute Gasteiger partial charge is 0.422 e. The summed E-state index contributed by atoms with van der Waals surface area (Å²) in [4.78, 5) is 19.0. The Bertz CT molecular complexity index is 1200. The molecular weight excluding hydrogens is 459 g/mol. The number of sulfonamides is 1. The van der Waals surface area contributed by atoms with Gasteiger partial charge in [-0.15, -0.1) is 0 Å². The Morgan fingerprint density at radius 3 is 2.35 bits per heavy atom. The Hall–Kier alpha value is -3.18. The van der Waals surface area contributed by atoms with Gasteiger partial charge in [0.25, 0.3) is 10.0 Å². The molecule has 3 rings (SSSR count). The smallest absolute Gasteiger partial charge is 0.417 e. The van der Waals surface area contributed by atoms with Gasteiger partial charge in [-0.2, -0.15) is 13.2 Å². The van der Waals surface area contributed by atoms with Gasteiger partial charge in [0.15, 0.2) is 5.69 Å². The number of hydrogen-bond acceptors (Lipinski definition) is 6. The van der Waals surface area contributed by atoms with Crippen molar-refractivity contribution in [1.29, 1.82) is 0 Å². The van der Waals surface area contributed by atoms with E-state index in [1.807, 2.05) is 0 Å². The molecule has 0 radical (unpaired) electrons. The van der Waals surface area contributed by atoms with Crippen molar-refractivity contribution in [3.8, 4) is 5.75 Å². The van der Waals surface area contributed by atoms with Gasteiger partial charge >= 0.3 is 12.1 Å². The van der Waals surface area contributed by atoms with E-state index in [2.05, 4.69) is 9.97 Å². The number of halogens is 4. The monoisotopic (exact) mass is 471 g/mol. The third-order valence-corrected chi connectivity index (χ3v) is 6.20. The summed E-state index contributed by atoms with van der Waals surface area (Å²) in [5, 5.41) is -0.608. The maximum atomic E-state index is 13.1. The van der Waals surface area contributed by atoms with E-state index in [4.69, 9.17) is 16.3 Å². The van der Waals surface area contributed by atoms with Crippen LogP contribution < -0.4 is 9.04 Å². The van der Waals surface area contributed by atoms with Crippen molar-refractivity contribution in [2.45, 2.75) is 11.1 Å². The summed E-state index contributed by atoms with van der Waals surface area (Å²) in [5.74, 6) is -0.654. The molecule has 31 heavy (non-hydrogen) atoms. The second-order valence-corrected chi connectivity index (χ2v) is 8.46. The molecule has 0 spiro atoms. The third kappa shape index (κ3) is 4.94. The molecule has 0 N–H and O–H groups in total. The highest BCUT2D eigenvalue weighted by Crippen LogP contribution is 2.36. The molecular formula is C19H13ClF3N3O4S. The van der Waals surface area contributed by atoms with Crippen LogP contribution in [0.5, 0.6) is 5.75 Å². The molecule has 0 amide bonds. The lowest BCUT2D eigenvalue weighted by atomic mass is 10.2. The first kappa shape index (κ1) is 22.5. The van der Waals surface area contributed by atoms with Crippen LogP contribution in [0.25, 0.3) is 0 Å².